The van der Waals surface area contributed by atoms with E-state index in [0.29, 0.717) is 10.5 Å². The second-order valence-electron chi connectivity index (χ2n) is 3.59. The van der Waals surface area contributed by atoms with Crippen molar-refractivity contribution in [2.75, 3.05) is 26.4 Å². The zero-order valence-electron chi connectivity index (χ0n) is 8.16. The lowest BCUT2D eigenvalue weighted by Gasteiger charge is -2.10. The topological polar surface area (TPSA) is 3.24 Å². The summed E-state index contributed by atoms with van der Waals surface area (Å²) in [7, 11) is 2.51. The highest BCUT2D eigenvalue weighted by molar-refractivity contribution is 8.17. The van der Waals surface area contributed by atoms with Crippen LogP contribution in [-0.2, 0) is 0 Å². The quantitative estimate of drug-likeness (QED) is 0.576. The molecule has 0 spiro atoms. The normalized spacial score (nSPS) is 28.3. The van der Waals surface area contributed by atoms with E-state index in [1.807, 2.05) is 0 Å². The van der Waals surface area contributed by atoms with Crippen molar-refractivity contribution < 1.29 is 0 Å². The van der Waals surface area contributed by atoms with Crippen molar-refractivity contribution in [3.63, 3.8) is 0 Å². The summed E-state index contributed by atoms with van der Waals surface area (Å²) in [6.45, 7) is 2.19. The summed E-state index contributed by atoms with van der Waals surface area (Å²) in [6.07, 6.45) is 9.07. The molecule has 0 fully saturated rings. The van der Waals surface area contributed by atoms with Gasteiger partial charge < -0.3 is 0 Å². The monoisotopic (exact) mass is 193 g/mol. The van der Waals surface area contributed by atoms with E-state index in [1.54, 1.807) is 0 Å². The Balaban J connectivity index is 2.16. The first-order valence-electron chi connectivity index (χ1n) is 4.50. The van der Waals surface area contributed by atoms with Crippen molar-refractivity contribution >= 4 is 15.9 Å². The maximum absolute atomic E-state index is 2.32. The molecule has 0 aromatic rings. The van der Waals surface area contributed by atoms with Gasteiger partial charge in [0, 0.05) is 13.1 Å². The van der Waals surface area contributed by atoms with Gasteiger partial charge in [0.2, 0.25) is 0 Å². The average Bonchev–Trinajstić information content (AvgIpc) is 2.53. The maximum atomic E-state index is 2.32. The van der Waals surface area contributed by atoms with Crippen LogP contribution in [0.25, 0.3) is 0 Å². The fraction of sp³-hybridized carbons (Fsp3) is 0.364. The molecule has 0 aromatic heterocycles. The second-order valence-corrected chi connectivity index (χ2v) is 5.35. The lowest BCUT2D eigenvalue weighted by molar-refractivity contribution is 0.431. The third kappa shape index (κ3) is 2.01. The third-order valence-corrected chi connectivity index (χ3v) is 3.52. The Labute approximate surface area is 82.4 Å². The summed E-state index contributed by atoms with van der Waals surface area (Å²) < 4.78 is 0. The highest BCUT2D eigenvalue weighted by Gasteiger charge is 2.12. The summed E-state index contributed by atoms with van der Waals surface area (Å²) in [5.41, 5.74) is 2.88. The molecular formula is C11H15NS. The first-order valence-corrected chi connectivity index (χ1v) is 6.26. The Hall–Kier alpha value is -0.600. The predicted octanol–water partition coefficient (Wildman–Crippen LogP) is 2.01. The van der Waals surface area contributed by atoms with Crippen molar-refractivity contribution in [2.45, 2.75) is 0 Å². The van der Waals surface area contributed by atoms with Crippen LogP contribution in [-0.4, -0.2) is 36.7 Å². The van der Waals surface area contributed by atoms with E-state index in [0.717, 1.165) is 13.1 Å². The zero-order valence-corrected chi connectivity index (χ0v) is 8.97. The highest BCUT2D eigenvalue weighted by Crippen LogP contribution is 2.23. The summed E-state index contributed by atoms with van der Waals surface area (Å²) in [5, 5.41) is 4.57. The minimum absolute atomic E-state index is 0.357. The third-order valence-electron chi connectivity index (χ3n) is 2.38. The second kappa shape index (κ2) is 3.64. The predicted molar refractivity (Wildman–Crippen MR) is 62.4 cm³/mol. The molecule has 2 aliphatic rings. The lowest BCUT2D eigenvalue weighted by atomic mass is 10.1. The molecule has 0 saturated heterocycles. The smallest absolute Gasteiger partial charge is 0.0237 e. The molecule has 2 heteroatoms. The summed E-state index contributed by atoms with van der Waals surface area (Å²) in [4.78, 5) is 2.32. The van der Waals surface area contributed by atoms with Gasteiger partial charge in [-0.25, -0.2) is 0 Å². The van der Waals surface area contributed by atoms with Gasteiger partial charge in [0.05, 0.1) is 0 Å². The minimum atomic E-state index is 0.357. The molecule has 0 N–H and O–H groups in total. The molecule has 13 heavy (non-hydrogen) atoms. The number of hydrogen-bond acceptors (Lipinski definition) is 1. The van der Waals surface area contributed by atoms with Gasteiger partial charge in [-0.05, 0) is 47.4 Å². The van der Waals surface area contributed by atoms with E-state index in [-0.39, 0.29) is 0 Å². The van der Waals surface area contributed by atoms with Gasteiger partial charge in [0.15, 0.2) is 0 Å². The Morgan fingerprint density at radius 3 is 2.85 bits per heavy atom. The van der Waals surface area contributed by atoms with E-state index >= 15 is 0 Å². The van der Waals surface area contributed by atoms with Crippen molar-refractivity contribution in [1.82, 2.24) is 4.90 Å². The first-order chi connectivity index (χ1) is 6.25. The molecular weight excluding hydrogens is 178 g/mol. The summed E-state index contributed by atoms with van der Waals surface area (Å²) in [5.74, 6) is 0. The Bertz CT molecular complexity index is 334. The maximum Gasteiger partial charge on any atom is 0.0237 e. The number of nitrogens with zero attached hydrogens (tertiary/aromatic N) is 1. The van der Waals surface area contributed by atoms with E-state index in [4.69, 9.17) is 0 Å². The van der Waals surface area contributed by atoms with Crippen LogP contribution < -0.4 is 0 Å². The van der Waals surface area contributed by atoms with E-state index in [1.165, 1.54) is 11.1 Å². The SMILES string of the molecule is CN1CC=C(C2=CC=S(C)C=C2)C1. The van der Waals surface area contributed by atoms with Gasteiger partial charge in [0.25, 0.3) is 0 Å². The molecule has 0 bridgehead atoms. The van der Waals surface area contributed by atoms with Crippen LogP contribution in [0.4, 0.5) is 0 Å². The van der Waals surface area contributed by atoms with Crippen LogP contribution in [0, 0.1) is 0 Å². The number of rotatable bonds is 1. The van der Waals surface area contributed by atoms with Crippen molar-refractivity contribution in [1.29, 1.82) is 0 Å². The van der Waals surface area contributed by atoms with Crippen molar-refractivity contribution in [2.24, 2.45) is 0 Å². The number of likely N-dealkylation sites (N-methyl/N-ethyl adjacent to an activating group) is 1. The average molecular weight is 193 g/mol. The van der Waals surface area contributed by atoms with Gasteiger partial charge in [-0.2, -0.15) is 10.5 Å². The largest absolute Gasteiger partial charge is 0.298 e. The number of allylic oxidation sites excluding steroid dienone is 2. The molecule has 0 aliphatic carbocycles. The Morgan fingerprint density at radius 2 is 2.31 bits per heavy atom. The fourth-order valence-electron chi connectivity index (χ4n) is 1.57. The number of hydrogen-bond donors (Lipinski definition) is 0. The molecule has 0 saturated carbocycles. The zero-order chi connectivity index (χ0) is 9.26. The van der Waals surface area contributed by atoms with Crippen LogP contribution in [0.15, 0.2) is 34.8 Å². The van der Waals surface area contributed by atoms with Crippen LogP contribution in [0.5, 0.6) is 0 Å². The first kappa shape index (κ1) is 8.97. The summed E-state index contributed by atoms with van der Waals surface area (Å²) >= 11 is 0. The fourth-order valence-corrected chi connectivity index (χ4v) is 2.38. The Kier molecular flexibility index (Phi) is 2.51. The molecule has 0 aromatic carbocycles. The standard InChI is InChI=1S/C11H15NS/c1-12-6-3-11(9-12)10-4-7-13(2)8-5-10/h3-5,7-8H,6,9H2,1-2H3. The van der Waals surface area contributed by atoms with Gasteiger partial charge in [0.1, 0.15) is 0 Å². The summed E-state index contributed by atoms with van der Waals surface area (Å²) in [6, 6.07) is 0. The molecule has 0 radical (unpaired) electrons. The van der Waals surface area contributed by atoms with Gasteiger partial charge in [-0.15, -0.1) is 0 Å². The van der Waals surface area contributed by atoms with Crippen LogP contribution >= 0.6 is 10.5 Å². The Morgan fingerprint density at radius 1 is 1.46 bits per heavy atom. The van der Waals surface area contributed by atoms with E-state index < -0.39 is 0 Å². The van der Waals surface area contributed by atoms with Crippen LogP contribution in [0.1, 0.15) is 0 Å². The van der Waals surface area contributed by atoms with Gasteiger partial charge in [-0.3, -0.25) is 4.90 Å². The minimum Gasteiger partial charge on any atom is -0.298 e. The molecule has 2 heterocycles. The van der Waals surface area contributed by atoms with Gasteiger partial charge >= 0.3 is 0 Å². The molecule has 2 aliphatic heterocycles. The molecule has 1 unspecified atom stereocenters. The lowest BCUT2D eigenvalue weighted by Crippen LogP contribution is -2.14. The van der Waals surface area contributed by atoms with E-state index in [9.17, 15) is 0 Å². The van der Waals surface area contributed by atoms with Gasteiger partial charge in [-0.1, -0.05) is 6.08 Å². The van der Waals surface area contributed by atoms with E-state index in [2.05, 4.69) is 47.2 Å². The molecule has 1 nitrogen and oxygen atoms in total. The van der Waals surface area contributed by atoms with Crippen LogP contribution in [0.2, 0.25) is 0 Å². The van der Waals surface area contributed by atoms with Crippen molar-refractivity contribution in [3.8, 4) is 0 Å². The molecule has 0 amide bonds. The molecule has 70 valence electrons. The van der Waals surface area contributed by atoms with Crippen LogP contribution in [0.3, 0.4) is 0 Å². The molecule has 1 atom stereocenters. The van der Waals surface area contributed by atoms with Crippen molar-refractivity contribution in [3.05, 3.63) is 34.8 Å². The highest BCUT2D eigenvalue weighted by atomic mass is 32.2. The molecule has 2 rings (SSSR count).